The smallest absolute Gasteiger partial charge is 0.331 e. The Morgan fingerprint density at radius 3 is 2.00 bits per heavy atom. The van der Waals surface area contributed by atoms with E-state index in [1.165, 1.54) is 64.2 Å². The maximum Gasteiger partial charge on any atom is 0.331 e. The topological polar surface area (TPSA) is 26.3 Å². The first-order valence-corrected chi connectivity index (χ1v) is 7.71. The Hall–Kier alpha value is -0.790. The summed E-state index contributed by atoms with van der Waals surface area (Å²) >= 11 is 0. The van der Waals surface area contributed by atoms with Gasteiger partial charge in [-0.15, -0.1) is 0 Å². The van der Waals surface area contributed by atoms with Gasteiger partial charge in [-0.25, -0.2) is 4.79 Å². The van der Waals surface area contributed by atoms with Gasteiger partial charge in [0, 0.05) is 6.08 Å². The zero-order chi connectivity index (χ0) is 13.1. The molecule has 0 unspecified atom stereocenters. The Morgan fingerprint density at radius 2 is 1.50 bits per heavy atom. The van der Waals surface area contributed by atoms with Crippen LogP contribution in [0.4, 0.5) is 0 Å². The van der Waals surface area contributed by atoms with Crippen LogP contribution in [0.5, 0.6) is 0 Å². The highest BCUT2D eigenvalue weighted by molar-refractivity contribution is 5.84. The Morgan fingerprint density at radius 1 is 0.944 bits per heavy atom. The van der Waals surface area contributed by atoms with Crippen molar-refractivity contribution in [2.45, 2.75) is 83.7 Å². The number of rotatable bonds is 11. The van der Waals surface area contributed by atoms with Crippen molar-refractivity contribution in [3.8, 4) is 0 Å². The van der Waals surface area contributed by atoms with Gasteiger partial charge in [-0.05, 0) is 18.9 Å². The van der Waals surface area contributed by atoms with Crippen LogP contribution in [0.25, 0.3) is 0 Å². The predicted octanol–water partition coefficient (Wildman–Crippen LogP) is 4.78. The third-order valence-electron chi connectivity index (χ3n) is 3.56. The normalized spacial score (nSPS) is 18.3. The summed E-state index contributed by atoms with van der Waals surface area (Å²) in [4.78, 5) is 10.8. The van der Waals surface area contributed by atoms with E-state index in [1.54, 1.807) is 6.08 Å². The van der Waals surface area contributed by atoms with E-state index >= 15 is 0 Å². The molecule has 1 rings (SSSR count). The molecule has 2 heteroatoms. The highest BCUT2D eigenvalue weighted by atomic mass is 16.5. The van der Waals surface area contributed by atoms with Crippen LogP contribution in [0, 0.1) is 0 Å². The Labute approximate surface area is 112 Å². The van der Waals surface area contributed by atoms with Crippen molar-refractivity contribution in [3.05, 3.63) is 12.2 Å². The summed E-state index contributed by atoms with van der Waals surface area (Å²) in [6.45, 7) is 2.26. The SMILES string of the molecule is CCCCCCCCCCCC[C@H]1C=CC(=O)O1. The minimum Gasteiger partial charge on any atom is -0.455 e. The van der Waals surface area contributed by atoms with E-state index in [4.69, 9.17) is 4.74 Å². The van der Waals surface area contributed by atoms with E-state index in [9.17, 15) is 4.79 Å². The molecule has 0 amide bonds. The zero-order valence-electron chi connectivity index (χ0n) is 11.8. The number of hydrogen-bond donors (Lipinski definition) is 0. The minimum atomic E-state index is -0.174. The van der Waals surface area contributed by atoms with E-state index in [-0.39, 0.29) is 12.1 Å². The van der Waals surface area contributed by atoms with Crippen LogP contribution in [-0.2, 0) is 9.53 Å². The number of carbonyl (C=O) groups excluding carboxylic acids is 1. The largest absolute Gasteiger partial charge is 0.455 e. The van der Waals surface area contributed by atoms with Crippen molar-refractivity contribution < 1.29 is 9.53 Å². The molecule has 0 fully saturated rings. The van der Waals surface area contributed by atoms with Crippen LogP contribution in [0.2, 0.25) is 0 Å². The molecule has 104 valence electrons. The Balaban J connectivity index is 1.76. The van der Waals surface area contributed by atoms with Crippen LogP contribution in [0.1, 0.15) is 77.6 Å². The van der Waals surface area contributed by atoms with Crippen molar-refractivity contribution in [1.82, 2.24) is 0 Å². The monoisotopic (exact) mass is 252 g/mol. The summed E-state index contributed by atoms with van der Waals surface area (Å²) in [5.41, 5.74) is 0. The minimum absolute atomic E-state index is 0.0616. The lowest BCUT2D eigenvalue weighted by molar-refractivity contribution is -0.138. The van der Waals surface area contributed by atoms with Crippen LogP contribution in [0.15, 0.2) is 12.2 Å². The maximum atomic E-state index is 10.8. The molecule has 0 aliphatic carbocycles. The van der Waals surface area contributed by atoms with Gasteiger partial charge < -0.3 is 4.74 Å². The van der Waals surface area contributed by atoms with E-state index < -0.39 is 0 Å². The van der Waals surface area contributed by atoms with Gasteiger partial charge in [-0.1, -0.05) is 64.7 Å². The van der Waals surface area contributed by atoms with Gasteiger partial charge in [0.1, 0.15) is 6.10 Å². The fourth-order valence-corrected chi connectivity index (χ4v) is 2.40. The second-order valence-electron chi connectivity index (χ2n) is 5.31. The van der Waals surface area contributed by atoms with Crippen LogP contribution in [0.3, 0.4) is 0 Å². The number of cyclic esters (lactones) is 1. The second-order valence-corrected chi connectivity index (χ2v) is 5.31. The second kappa shape index (κ2) is 10.2. The van der Waals surface area contributed by atoms with E-state index in [0.29, 0.717) is 0 Å². The molecule has 0 bridgehead atoms. The molecule has 0 aromatic carbocycles. The molecule has 1 aliphatic heterocycles. The first-order chi connectivity index (χ1) is 8.83. The number of carbonyl (C=O) groups is 1. The maximum absolute atomic E-state index is 10.8. The van der Waals surface area contributed by atoms with Gasteiger partial charge in [0.2, 0.25) is 0 Å². The molecule has 1 atom stereocenters. The van der Waals surface area contributed by atoms with Gasteiger partial charge >= 0.3 is 5.97 Å². The molecule has 0 spiro atoms. The lowest BCUT2D eigenvalue weighted by atomic mass is 10.0. The molecule has 0 saturated heterocycles. The molecular formula is C16H28O2. The molecule has 1 aliphatic rings. The summed E-state index contributed by atoms with van der Waals surface area (Å²) < 4.78 is 5.09. The van der Waals surface area contributed by atoms with Gasteiger partial charge in [-0.2, -0.15) is 0 Å². The van der Waals surface area contributed by atoms with Crippen LogP contribution >= 0.6 is 0 Å². The molecule has 0 aromatic rings. The first kappa shape index (κ1) is 15.3. The quantitative estimate of drug-likeness (QED) is 0.391. The molecule has 2 nitrogen and oxygen atoms in total. The number of unbranched alkanes of at least 4 members (excludes halogenated alkanes) is 9. The highest BCUT2D eigenvalue weighted by Gasteiger charge is 2.15. The predicted molar refractivity (Wildman–Crippen MR) is 75.5 cm³/mol. The van der Waals surface area contributed by atoms with Gasteiger partial charge in [0.25, 0.3) is 0 Å². The lowest BCUT2D eigenvalue weighted by Gasteiger charge is -2.07. The van der Waals surface area contributed by atoms with Crippen LogP contribution < -0.4 is 0 Å². The molecule has 0 N–H and O–H groups in total. The van der Waals surface area contributed by atoms with Crippen molar-refractivity contribution >= 4 is 5.97 Å². The summed E-state index contributed by atoms with van der Waals surface area (Å²) in [5, 5.41) is 0. The molecule has 0 saturated carbocycles. The third kappa shape index (κ3) is 7.52. The Kier molecular flexibility index (Phi) is 8.62. The lowest BCUT2D eigenvalue weighted by Crippen LogP contribution is -2.06. The van der Waals surface area contributed by atoms with E-state index in [2.05, 4.69) is 6.92 Å². The van der Waals surface area contributed by atoms with Crippen molar-refractivity contribution in [2.24, 2.45) is 0 Å². The molecule has 1 heterocycles. The number of hydrogen-bond acceptors (Lipinski definition) is 2. The van der Waals surface area contributed by atoms with Crippen LogP contribution in [-0.4, -0.2) is 12.1 Å². The fourth-order valence-electron chi connectivity index (χ4n) is 2.40. The molecule has 0 aromatic heterocycles. The van der Waals surface area contributed by atoms with Gasteiger partial charge in [0.05, 0.1) is 0 Å². The number of esters is 1. The molecular weight excluding hydrogens is 224 g/mol. The third-order valence-corrected chi connectivity index (χ3v) is 3.56. The zero-order valence-corrected chi connectivity index (χ0v) is 11.8. The highest BCUT2D eigenvalue weighted by Crippen LogP contribution is 2.15. The average Bonchev–Trinajstić information content (AvgIpc) is 2.77. The Bertz CT molecular complexity index is 245. The fraction of sp³-hybridized carbons (Fsp3) is 0.812. The van der Waals surface area contributed by atoms with Crippen molar-refractivity contribution in [2.75, 3.05) is 0 Å². The standard InChI is InChI=1S/C16H28O2/c1-2-3-4-5-6-7-8-9-10-11-12-15-13-14-16(17)18-15/h13-15H,2-12H2,1H3/t15-/m0/s1. The number of ether oxygens (including phenoxy) is 1. The summed E-state index contributed by atoms with van der Waals surface area (Å²) in [6, 6.07) is 0. The van der Waals surface area contributed by atoms with E-state index in [1.807, 2.05) is 6.08 Å². The summed E-state index contributed by atoms with van der Waals surface area (Å²) in [5.74, 6) is -0.174. The molecule has 0 radical (unpaired) electrons. The van der Waals surface area contributed by atoms with E-state index in [0.717, 1.165) is 6.42 Å². The van der Waals surface area contributed by atoms with Crippen molar-refractivity contribution in [1.29, 1.82) is 0 Å². The summed E-state index contributed by atoms with van der Waals surface area (Å²) in [6.07, 6.45) is 18.0. The van der Waals surface area contributed by atoms with Gasteiger partial charge in [-0.3, -0.25) is 0 Å². The summed E-state index contributed by atoms with van der Waals surface area (Å²) in [7, 11) is 0. The van der Waals surface area contributed by atoms with Crippen molar-refractivity contribution in [3.63, 3.8) is 0 Å². The first-order valence-electron chi connectivity index (χ1n) is 7.71. The van der Waals surface area contributed by atoms with Gasteiger partial charge in [0.15, 0.2) is 0 Å². The molecule has 18 heavy (non-hydrogen) atoms. The average molecular weight is 252 g/mol.